The molecule has 164 valence electrons. The van der Waals surface area contributed by atoms with Gasteiger partial charge in [0.1, 0.15) is 12.4 Å². The van der Waals surface area contributed by atoms with Crippen molar-refractivity contribution in [3.63, 3.8) is 0 Å². The Morgan fingerprint density at radius 3 is 2.77 bits per heavy atom. The van der Waals surface area contributed by atoms with Gasteiger partial charge in [-0.3, -0.25) is 19.1 Å². The van der Waals surface area contributed by atoms with Gasteiger partial charge in [-0.2, -0.15) is 0 Å². The monoisotopic (exact) mass is 420 g/mol. The molecule has 0 saturated carbocycles. The van der Waals surface area contributed by atoms with E-state index in [1.807, 2.05) is 25.1 Å². The van der Waals surface area contributed by atoms with E-state index in [-0.39, 0.29) is 18.0 Å². The number of hydrogen-bond donors (Lipinski definition) is 1. The molecule has 1 aromatic carbocycles. The molecular weight excluding hydrogens is 388 g/mol. The maximum absolute atomic E-state index is 13.1. The van der Waals surface area contributed by atoms with Crippen LogP contribution in [0.15, 0.2) is 46.8 Å². The standard InChI is InChI=1S/C25H32N4O2/c1-19-27-23-17-28(16-21-10-6-3-7-11-21)15-13-22(23)25(31)29(19)18-24(30)26-14-12-20-8-4-2-5-9-20/h3,6-8,10-11H,2,4-5,9,12-18H2,1H3,(H,26,30). The summed E-state index contributed by atoms with van der Waals surface area (Å²) in [6.45, 7) is 4.83. The summed E-state index contributed by atoms with van der Waals surface area (Å²) in [6, 6.07) is 10.4. The third kappa shape index (κ3) is 5.50. The number of nitrogens with zero attached hydrogens (tertiary/aromatic N) is 3. The zero-order valence-electron chi connectivity index (χ0n) is 18.4. The Morgan fingerprint density at radius 2 is 2.00 bits per heavy atom. The number of fused-ring (bicyclic) bond motifs is 1. The summed E-state index contributed by atoms with van der Waals surface area (Å²) in [5.41, 5.74) is 4.25. The van der Waals surface area contributed by atoms with Gasteiger partial charge in [-0.1, -0.05) is 42.0 Å². The lowest BCUT2D eigenvalue weighted by atomic mass is 9.97. The minimum atomic E-state index is -0.120. The SMILES string of the molecule is Cc1nc2c(c(=O)n1CC(=O)NCCC1=CCCCC1)CCN(Cc1ccccc1)C2. The Hall–Kier alpha value is -2.73. The van der Waals surface area contributed by atoms with E-state index in [0.717, 1.165) is 43.6 Å². The zero-order valence-corrected chi connectivity index (χ0v) is 18.4. The van der Waals surface area contributed by atoms with Gasteiger partial charge in [0.05, 0.1) is 5.69 Å². The lowest BCUT2D eigenvalue weighted by Crippen LogP contribution is -2.40. The van der Waals surface area contributed by atoms with Crippen molar-refractivity contribution in [3.8, 4) is 0 Å². The molecule has 1 aliphatic carbocycles. The molecule has 2 aromatic rings. The molecule has 2 heterocycles. The fraction of sp³-hybridized carbons (Fsp3) is 0.480. The minimum absolute atomic E-state index is 0.0394. The number of carbonyl (C=O) groups excluding carboxylic acids is 1. The van der Waals surface area contributed by atoms with Gasteiger partial charge < -0.3 is 5.32 Å². The Labute approximate surface area is 184 Å². The second-order valence-corrected chi connectivity index (χ2v) is 8.63. The summed E-state index contributed by atoms with van der Waals surface area (Å²) in [5.74, 6) is 0.486. The Balaban J connectivity index is 1.37. The molecular formula is C25H32N4O2. The summed E-state index contributed by atoms with van der Waals surface area (Å²) in [7, 11) is 0. The number of allylic oxidation sites excluding steroid dienone is 1. The number of aryl methyl sites for hydroxylation is 1. The predicted molar refractivity (Wildman–Crippen MR) is 122 cm³/mol. The van der Waals surface area contributed by atoms with Crippen molar-refractivity contribution in [2.45, 2.75) is 65.1 Å². The summed E-state index contributed by atoms with van der Waals surface area (Å²) < 4.78 is 1.53. The number of nitrogens with one attached hydrogen (secondary N) is 1. The molecule has 2 aliphatic rings. The smallest absolute Gasteiger partial charge is 0.257 e. The first-order valence-corrected chi connectivity index (χ1v) is 11.4. The second-order valence-electron chi connectivity index (χ2n) is 8.63. The Morgan fingerprint density at radius 1 is 1.16 bits per heavy atom. The normalized spacial score (nSPS) is 16.5. The first kappa shape index (κ1) is 21.5. The first-order valence-electron chi connectivity index (χ1n) is 11.4. The number of hydrogen-bond acceptors (Lipinski definition) is 4. The molecule has 1 aliphatic heterocycles. The van der Waals surface area contributed by atoms with E-state index in [2.05, 4.69) is 28.4 Å². The van der Waals surface area contributed by atoms with E-state index in [0.29, 0.717) is 25.3 Å². The summed E-state index contributed by atoms with van der Waals surface area (Å²) in [5, 5.41) is 2.97. The Bertz CT molecular complexity index is 1010. The van der Waals surface area contributed by atoms with Crippen molar-refractivity contribution in [2.75, 3.05) is 13.1 Å². The maximum Gasteiger partial charge on any atom is 0.257 e. The maximum atomic E-state index is 13.1. The largest absolute Gasteiger partial charge is 0.354 e. The van der Waals surface area contributed by atoms with Crippen LogP contribution in [0.3, 0.4) is 0 Å². The Kier molecular flexibility index (Phi) is 6.97. The number of benzene rings is 1. The van der Waals surface area contributed by atoms with Gasteiger partial charge in [-0.05, 0) is 51.0 Å². The van der Waals surface area contributed by atoms with Crippen LogP contribution in [0.25, 0.3) is 0 Å². The fourth-order valence-corrected chi connectivity index (χ4v) is 4.56. The van der Waals surface area contributed by atoms with Gasteiger partial charge in [0.25, 0.3) is 5.56 Å². The molecule has 0 saturated heterocycles. The van der Waals surface area contributed by atoms with Gasteiger partial charge >= 0.3 is 0 Å². The molecule has 1 amide bonds. The highest BCUT2D eigenvalue weighted by Gasteiger charge is 2.23. The molecule has 0 radical (unpaired) electrons. The van der Waals surface area contributed by atoms with Crippen LogP contribution >= 0.6 is 0 Å². The quantitative estimate of drug-likeness (QED) is 0.699. The van der Waals surface area contributed by atoms with Crippen molar-refractivity contribution >= 4 is 5.91 Å². The van der Waals surface area contributed by atoms with Crippen LogP contribution in [0.4, 0.5) is 0 Å². The summed E-state index contributed by atoms with van der Waals surface area (Å²) in [4.78, 5) is 32.6. The number of rotatable bonds is 7. The van der Waals surface area contributed by atoms with Crippen LogP contribution in [0, 0.1) is 6.92 Å². The van der Waals surface area contributed by atoms with E-state index in [4.69, 9.17) is 4.98 Å². The van der Waals surface area contributed by atoms with Crippen molar-refractivity contribution in [1.82, 2.24) is 19.8 Å². The van der Waals surface area contributed by atoms with Gasteiger partial charge in [0.15, 0.2) is 0 Å². The number of aromatic nitrogens is 2. The van der Waals surface area contributed by atoms with Gasteiger partial charge in [-0.25, -0.2) is 4.98 Å². The zero-order chi connectivity index (χ0) is 21.6. The van der Waals surface area contributed by atoms with Gasteiger partial charge in [0, 0.05) is 31.7 Å². The highest BCUT2D eigenvalue weighted by molar-refractivity contribution is 5.75. The van der Waals surface area contributed by atoms with Crippen LogP contribution in [0.2, 0.25) is 0 Å². The van der Waals surface area contributed by atoms with E-state index in [1.165, 1.54) is 28.5 Å². The van der Waals surface area contributed by atoms with Crippen LogP contribution in [0.1, 0.15) is 54.7 Å². The fourth-order valence-electron chi connectivity index (χ4n) is 4.56. The molecule has 31 heavy (non-hydrogen) atoms. The summed E-state index contributed by atoms with van der Waals surface area (Å²) >= 11 is 0. The van der Waals surface area contributed by atoms with Crippen LogP contribution in [-0.2, 0) is 30.8 Å². The third-order valence-corrected chi connectivity index (χ3v) is 6.29. The highest BCUT2D eigenvalue weighted by atomic mass is 16.2. The second kappa shape index (κ2) is 10.1. The molecule has 0 spiro atoms. The van der Waals surface area contributed by atoms with E-state index < -0.39 is 0 Å². The lowest BCUT2D eigenvalue weighted by molar-refractivity contribution is -0.121. The van der Waals surface area contributed by atoms with E-state index in [9.17, 15) is 9.59 Å². The van der Waals surface area contributed by atoms with Crippen molar-refractivity contribution in [3.05, 3.63) is 75.0 Å². The van der Waals surface area contributed by atoms with Crippen molar-refractivity contribution in [1.29, 1.82) is 0 Å². The van der Waals surface area contributed by atoms with Gasteiger partial charge in [-0.15, -0.1) is 0 Å². The lowest BCUT2D eigenvalue weighted by Gasteiger charge is -2.28. The molecule has 6 nitrogen and oxygen atoms in total. The molecule has 1 aromatic heterocycles. The van der Waals surface area contributed by atoms with Crippen LogP contribution in [-0.4, -0.2) is 33.4 Å². The average Bonchev–Trinajstić information content (AvgIpc) is 2.78. The summed E-state index contributed by atoms with van der Waals surface area (Å²) in [6.07, 6.45) is 8.69. The average molecular weight is 421 g/mol. The molecule has 6 heteroatoms. The third-order valence-electron chi connectivity index (χ3n) is 6.29. The molecule has 1 N–H and O–H groups in total. The van der Waals surface area contributed by atoms with Crippen LogP contribution < -0.4 is 10.9 Å². The molecule has 0 bridgehead atoms. The van der Waals surface area contributed by atoms with E-state index in [1.54, 1.807) is 0 Å². The first-order chi connectivity index (χ1) is 15.1. The number of carbonyl (C=O) groups is 1. The highest BCUT2D eigenvalue weighted by Crippen LogP contribution is 2.19. The molecule has 0 fully saturated rings. The number of amides is 1. The van der Waals surface area contributed by atoms with Crippen LogP contribution in [0.5, 0.6) is 0 Å². The minimum Gasteiger partial charge on any atom is -0.354 e. The van der Waals surface area contributed by atoms with Gasteiger partial charge in [0.2, 0.25) is 5.91 Å². The molecule has 0 atom stereocenters. The predicted octanol–water partition coefficient (Wildman–Crippen LogP) is 3.12. The van der Waals surface area contributed by atoms with E-state index >= 15 is 0 Å². The topological polar surface area (TPSA) is 67.2 Å². The van der Waals surface area contributed by atoms with Crippen molar-refractivity contribution in [2.24, 2.45) is 0 Å². The molecule has 4 rings (SSSR count). The molecule has 0 unspecified atom stereocenters. The van der Waals surface area contributed by atoms with Crippen molar-refractivity contribution < 1.29 is 4.79 Å².